The summed E-state index contributed by atoms with van der Waals surface area (Å²) < 4.78 is 20.7. The summed E-state index contributed by atoms with van der Waals surface area (Å²) >= 11 is 0. The largest absolute Gasteiger partial charge is 0.497 e. The topological polar surface area (TPSA) is 136 Å². The van der Waals surface area contributed by atoms with Crippen LogP contribution in [0.4, 0.5) is 10.5 Å². The van der Waals surface area contributed by atoms with E-state index in [1.54, 1.807) is 13.1 Å². The standard InChI is InChI=1S/C27H32N4O8/c1-30-17-11-10-15(36-2)12-16(17)27-13-18(22(32)37-3)31(26(35)28-14-8-6-7-9-14)25(27)29-20(24(34)39-5)19(21(27)30)23(33)38-4/h10-12,14,18,21H,6-9,13H2,1-5H3,(H,28,35)/t18-,21-,27-/m0/s1. The zero-order valence-corrected chi connectivity index (χ0v) is 22.6. The number of hydrogen-bond acceptors (Lipinski definition) is 10. The molecule has 1 aromatic rings. The van der Waals surface area contributed by atoms with Gasteiger partial charge in [0, 0.05) is 18.8 Å². The number of nitrogens with one attached hydrogen (secondary N) is 1. The lowest BCUT2D eigenvalue weighted by molar-refractivity contribution is -0.144. The number of urea groups is 1. The Hall–Kier alpha value is -4.09. The van der Waals surface area contributed by atoms with E-state index in [2.05, 4.69) is 10.3 Å². The molecule has 0 bridgehead atoms. The first-order chi connectivity index (χ1) is 18.7. The fraction of sp³-hybridized carbons (Fsp3) is 0.519. The van der Waals surface area contributed by atoms with E-state index in [1.807, 2.05) is 17.0 Å². The number of anilines is 1. The predicted octanol–water partition coefficient (Wildman–Crippen LogP) is 1.66. The number of carbonyl (C=O) groups excluding carboxylic acids is 4. The fourth-order valence-corrected chi connectivity index (χ4v) is 6.58. The van der Waals surface area contributed by atoms with Gasteiger partial charge in [0.25, 0.3) is 0 Å². The molecule has 1 saturated carbocycles. The molecule has 0 radical (unpaired) electrons. The van der Waals surface area contributed by atoms with Crippen molar-refractivity contribution in [3.05, 3.63) is 35.0 Å². The average molecular weight is 541 g/mol. The molecule has 4 aliphatic rings. The number of hydrogen-bond donors (Lipinski definition) is 1. The van der Waals surface area contributed by atoms with Gasteiger partial charge in [-0.25, -0.2) is 24.2 Å². The molecule has 39 heavy (non-hydrogen) atoms. The van der Waals surface area contributed by atoms with Crippen LogP contribution in [-0.4, -0.2) is 88.3 Å². The van der Waals surface area contributed by atoms with Gasteiger partial charge in [-0.1, -0.05) is 12.8 Å². The minimum atomic E-state index is -1.19. The maximum Gasteiger partial charge on any atom is 0.357 e. The van der Waals surface area contributed by atoms with Gasteiger partial charge < -0.3 is 29.2 Å². The number of likely N-dealkylation sites (N-methyl/N-ethyl adjacent to an activating group) is 1. The Morgan fingerprint density at radius 1 is 1.00 bits per heavy atom. The van der Waals surface area contributed by atoms with Crippen LogP contribution in [0, 0.1) is 0 Å². The van der Waals surface area contributed by atoms with Gasteiger partial charge in [-0.3, -0.25) is 4.90 Å². The summed E-state index contributed by atoms with van der Waals surface area (Å²) in [5, 5.41) is 3.04. The highest BCUT2D eigenvalue weighted by Gasteiger charge is 2.67. The van der Waals surface area contributed by atoms with Crippen LogP contribution in [0.2, 0.25) is 0 Å². The second-order valence-electron chi connectivity index (χ2n) is 10.1. The number of amides is 2. The molecule has 208 valence electrons. The number of nitrogens with zero attached hydrogens (tertiary/aromatic N) is 3. The zero-order chi connectivity index (χ0) is 28.1. The maximum absolute atomic E-state index is 13.9. The average Bonchev–Trinajstić information content (AvgIpc) is 3.65. The summed E-state index contributed by atoms with van der Waals surface area (Å²) in [7, 11) is 6.97. The van der Waals surface area contributed by atoms with Crippen LogP contribution in [0.25, 0.3) is 0 Å². The Bertz CT molecular complexity index is 1300. The quantitative estimate of drug-likeness (QED) is 0.437. The van der Waals surface area contributed by atoms with Crippen molar-refractivity contribution in [3.63, 3.8) is 0 Å². The lowest BCUT2D eigenvalue weighted by Crippen LogP contribution is -2.57. The first-order valence-corrected chi connectivity index (χ1v) is 12.8. The predicted molar refractivity (Wildman–Crippen MR) is 138 cm³/mol. The third kappa shape index (κ3) is 3.83. The Morgan fingerprint density at radius 2 is 1.69 bits per heavy atom. The van der Waals surface area contributed by atoms with Gasteiger partial charge in [0.15, 0.2) is 5.70 Å². The SMILES string of the molecule is COC(=O)C1=C(C(=O)OC)[C@@H]2N(C)c3ccc(OC)cc3[C@@]23C[C@@H](C(=O)OC)N(C(=O)NC2CCCC2)C3=N1. The van der Waals surface area contributed by atoms with Crippen molar-refractivity contribution in [3.8, 4) is 5.75 Å². The van der Waals surface area contributed by atoms with Gasteiger partial charge in [0.2, 0.25) is 0 Å². The van der Waals surface area contributed by atoms with E-state index in [0.29, 0.717) is 11.3 Å². The Labute approximate surface area is 225 Å². The monoisotopic (exact) mass is 540 g/mol. The fourth-order valence-electron chi connectivity index (χ4n) is 6.58. The Morgan fingerprint density at radius 3 is 2.31 bits per heavy atom. The molecule has 2 amide bonds. The van der Waals surface area contributed by atoms with Crippen LogP contribution in [0.1, 0.15) is 37.7 Å². The van der Waals surface area contributed by atoms with Crippen molar-refractivity contribution < 1.29 is 38.1 Å². The molecule has 12 nitrogen and oxygen atoms in total. The van der Waals surface area contributed by atoms with Crippen molar-refractivity contribution in [2.75, 3.05) is 40.4 Å². The highest BCUT2D eigenvalue weighted by Crippen LogP contribution is 2.58. The van der Waals surface area contributed by atoms with Crippen LogP contribution >= 0.6 is 0 Å². The third-order valence-electron chi connectivity index (χ3n) is 8.28. The molecule has 3 heterocycles. The maximum atomic E-state index is 13.9. The molecule has 1 saturated heterocycles. The van der Waals surface area contributed by atoms with E-state index >= 15 is 0 Å². The molecule has 12 heteroatoms. The molecule has 1 N–H and O–H groups in total. The number of fused-ring (bicyclic) bond motifs is 1. The van der Waals surface area contributed by atoms with Crippen LogP contribution < -0.4 is 15.0 Å². The second kappa shape index (κ2) is 9.90. The highest BCUT2D eigenvalue weighted by molar-refractivity contribution is 6.17. The number of benzene rings is 1. The van der Waals surface area contributed by atoms with E-state index in [9.17, 15) is 19.2 Å². The van der Waals surface area contributed by atoms with Crippen LogP contribution in [0.5, 0.6) is 5.75 Å². The van der Waals surface area contributed by atoms with Gasteiger partial charge in [-0.2, -0.15) is 0 Å². The first-order valence-electron chi connectivity index (χ1n) is 12.8. The molecule has 3 atom stereocenters. The minimum Gasteiger partial charge on any atom is -0.497 e. The summed E-state index contributed by atoms with van der Waals surface area (Å²) in [6.45, 7) is 0. The van der Waals surface area contributed by atoms with Crippen LogP contribution in [-0.2, 0) is 34.0 Å². The molecule has 0 aromatic heterocycles. The normalized spacial score (nSPS) is 25.4. The summed E-state index contributed by atoms with van der Waals surface area (Å²) in [4.78, 5) is 61.2. The second-order valence-corrected chi connectivity index (χ2v) is 10.1. The van der Waals surface area contributed by atoms with Crippen molar-refractivity contribution in [1.29, 1.82) is 0 Å². The van der Waals surface area contributed by atoms with Crippen LogP contribution in [0.3, 0.4) is 0 Å². The molecule has 3 aliphatic heterocycles. The number of aliphatic imine (C=N–C) groups is 1. The molecular formula is C27H32N4O8. The van der Waals surface area contributed by atoms with Gasteiger partial charge in [-0.05, 0) is 43.0 Å². The Balaban J connectivity index is 1.79. The van der Waals surface area contributed by atoms with Gasteiger partial charge in [0.05, 0.1) is 45.5 Å². The molecule has 5 rings (SSSR count). The van der Waals surface area contributed by atoms with Crippen molar-refractivity contribution in [1.82, 2.24) is 10.2 Å². The van der Waals surface area contributed by atoms with E-state index < -0.39 is 41.4 Å². The van der Waals surface area contributed by atoms with Gasteiger partial charge in [0.1, 0.15) is 17.6 Å². The van der Waals surface area contributed by atoms with E-state index in [-0.39, 0.29) is 29.6 Å². The van der Waals surface area contributed by atoms with Gasteiger partial charge in [-0.15, -0.1) is 0 Å². The third-order valence-corrected chi connectivity index (χ3v) is 8.28. The lowest BCUT2D eigenvalue weighted by atomic mass is 9.69. The molecule has 1 spiro atoms. The number of esters is 3. The number of methoxy groups -OCH3 is 4. The summed E-state index contributed by atoms with van der Waals surface area (Å²) in [6, 6.07) is 2.94. The van der Waals surface area contributed by atoms with E-state index in [0.717, 1.165) is 31.4 Å². The van der Waals surface area contributed by atoms with E-state index in [4.69, 9.17) is 18.9 Å². The van der Waals surface area contributed by atoms with Crippen molar-refractivity contribution in [2.45, 2.75) is 55.6 Å². The zero-order valence-electron chi connectivity index (χ0n) is 22.6. The molecular weight excluding hydrogens is 508 g/mol. The van der Waals surface area contributed by atoms with Gasteiger partial charge >= 0.3 is 23.9 Å². The van der Waals surface area contributed by atoms with Crippen LogP contribution in [0.15, 0.2) is 34.5 Å². The van der Waals surface area contributed by atoms with Crippen molar-refractivity contribution >= 4 is 35.5 Å². The summed E-state index contributed by atoms with van der Waals surface area (Å²) in [6.07, 6.45) is 3.69. The summed E-state index contributed by atoms with van der Waals surface area (Å²) in [5.41, 5.74) is -0.0691. The Kier molecular flexibility index (Phi) is 6.73. The van der Waals surface area contributed by atoms with E-state index in [1.165, 1.54) is 33.3 Å². The minimum absolute atomic E-state index is 0.0209. The molecule has 2 fully saturated rings. The molecule has 0 unspecified atom stereocenters. The smallest absolute Gasteiger partial charge is 0.357 e. The number of rotatable bonds is 5. The molecule has 1 aliphatic carbocycles. The number of likely N-dealkylation sites (tertiary alicyclic amines) is 1. The molecule has 1 aromatic carbocycles. The lowest BCUT2D eigenvalue weighted by Gasteiger charge is -2.39. The number of amidine groups is 1. The van der Waals surface area contributed by atoms with Crippen molar-refractivity contribution in [2.24, 2.45) is 4.99 Å². The first kappa shape index (κ1) is 26.5. The number of ether oxygens (including phenoxy) is 4. The highest BCUT2D eigenvalue weighted by atomic mass is 16.5. The number of carbonyl (C=O) groups is 4. The summed E-state index contributed by atoms with van der Waals surface area (Å²) in [5.74, 6) is -1.57.